The van der Waals surface area contributed by atoms with Crippen LogP contribution < -0.4 is 0 Å². The van der Waals surface area contributed by atoms with Crippen LogP contribution in [0.1, 0.15) is 25.7 Å². The Morgan fingerprint density at radius 2 is 2.00 bits per heavy atom. The van der Waals surface area contributed by atoms with Gasteiger partial charge in [-0.05, 0) is 12.8 Å². The summed E-state index contributed by atoms with van der Waals surface area (Å²) in [6, 6.07) is 0. The zero-order chi connectivity index (χ0) is 7.23. The second kappa shape index (κ2) is 4.69. The third kappa shape index (κ3) is 2.67. The van der Waals surface area contributed by atoms with E-state index in [1.807, 2.05) is 0 Å². The molecule has 60 valence electrons. The summed E-state index contributed by atoms with van der Waals surface area (Å²) in [6.45, 7) is 2.29. The van der Waals surface area contributed by atoms with Crippen molar-refractivity contribution in [2.75, 3.05) is 19.8 Å². The van der Waals surface area contributed by atoms with Crippen molar-refractivity contribution in [1.82, 2.24) is 0 Å². The van der Waals surface area contributed by atoms with Crippen molar-refractivity contribution in [2.45, 2.75) is 25.7 Å². The second-order valence-electron chi connectivity index (χ2n) is 2.98. The molecule has 1 rings (SSSR count). The number of hydrogen-bond donors (Lipinski definition) is 1. The van der Waals surface area contributed by atoms with E-state index in [1.165, 1.54) is 19.3 Å². The van der Waals surface area contributed by atoms with E-state index in [9.17, 15) is 0 Å². The maximum atomic E-state index is 8.48. The first-order chi connectivity index (χ1) is 4.93. The molecule has 0 aliphatic carbocycles. The Hall–Kier alpha value is -0.0800. The number of rotatable bonds is 5. The Morgan fingerprint density at radius 1 is 1.20 bits per heavy atom. The summed E-state index contributed by atoms with van der Waals surface area (Å²) in [6.07, 6.45) is 4.69. The van der Waals surface area contributed by atoms with Crippen LogP contribution in [0.4, 0.5) is 0 Å². The standard InChI is InChI=1S/C8H16O2/c9-5-3-1-2-4-8-6-10-7-8/h8-9H,1-7H2. The first-order valence-corrected chi connectivity index (χ1v) is 4.12. The van der Waals surface area contributed by atoms with Gasteiger partial charge < -0.3 is 9.84 Å². The Labute approximate surface area is 62.2 Å². The third-order valence-corrected chi connectivity index (χ3v) is 1.98. The monoisotopic (exact) mass is 144 g/mol. The van der Waals surface area contributed by atoms with Crippen LogP contribution in [0.3, 0.4) is 0 Å². The summed E-state index contributed by atoms with van der Waals surface area (Å²) < 4.78 is 5.04. The van der Waals surface area contributed by atoms with Gasteiger partial charge in [0.1, 0.15) is 0 Å². The maximum Gasteiger partial charge on any atom is 0.0516 e. The fourth-order valence-electron chi connectivity index (χ4n) is 1.17. The van der Waals surface area contributed by atoms with E-state index in [0.717, 1.165) is 25.6 Å². The van der Waals surface area contributed by atoms with Gasteiger partial charge in [-0.3, -0.25) is 0 Å². The first-order valence-electron chi connectivity index (χ1n) is 4.12. The van der Waals surface area contributed by atoms with Crippen molar-refractivity contribution in [3.05, 3.63) is 0 Å². The highest BCUT2D eigenvalue weighted by atomic mass is 16.5. The summed E-state index contributed by atoms with van der Waals surface area (Å²) in [5.41, 5.74) is 0. The Bertz CT molecular complexity index is 79.3. The van der Waals surface area contributed by atoms with Gasteiger partial charge in [0.15, 0.2) is 0 Å². The van der Waals surface area contributed by atoms with Crippen LogP contribution in [0.15, 0.2) is 0 Å². The maximum absolute atomic E-state index is 8.48. The van der Waals surface area contributed by atoms with E-state index in [2.05, 4.69) is 0 Å². The molecular weight excluding hydrogens is 128 g/mol. The van der Waals surface area contributed by atoms with Gasteiger partial charge in [0.25, 0.3) is 0 Å². The van der Waals surface area contributed by atoms with E-state index < -0.39 is 0 Å². The number of unbranched alkanes of at least 4 members (excludes halogenated alkanes) is 2. The van der Waals surface area contributed by atoms with Crippen molar-refractivity contribution in [1.29, 1.82) is 0 Å². The molecule has 10 heavy (non-hydrogen) atoms. The van der Waals surface area contributed by atoms with E-state index >= 15 is 0 Å². The summed E-state index contributed by atoms with van der Waals surface area (Å²) in [4.78, 5) is 0. The van der Waals surface area contributed by atoms with Crippen LogP contribution in [-0.4, -0.2) is 24.9 Å². The van der Waals surface area contributed by atoms with E-state index in [1.54, 1.807) is 0 Å². The van der Waals surface area contributed by atoms with E-state index in [4.69, 9.17) is 9.84 Å². The fourth-order valence-corrected chi connectivity index (χ4v) is 1.17. The Kier molecular flexibility index (Phi) is 3.76. The minimum absolute atomic E-state index is 0.348. The van der Waals surface area contributed by atoms with Gasteiger partial charge in [-0.1, -0.05) is 12.8 Å². The van der Waals surface area contributed by atoms with Crippen molar-refractivity contribution in [2.24, 2.45) is 5.92 Å². The average Bonchev–Trinajstić information content (AvgIpc) is 1.84. The lowest BCUT2D eigenvalue weighted by Gasteiger charge is -2.25. The Balaban J connectivity index is 1.76. The number of aliphatic hydroxyl groups is 1. The highest BCUT2D eigenvalue weighted by Crippen LogP contribution is 2.17. The van der Waals surface area contributed by atoms with E-state index in [0.29, 0.717) is 6.61 Å². The molecule has 0 spiro atoms. The van der Waals surface area contributed by atoms with Crippen LogP contribution in [0.25, 0.3) is 0 Å². The van der Waals surface area contributed by atoms with Crippen LogP contribution in [0, 0.1) is 5.92 Å². The molecule has 1 heterocycles. The molecule has 1 aliphatic rings. The van der Waals surface area contributed by atoms with Crippen molar-refractivity contribution in [3.63, 3.8) is 0 Å². The fraction of sp³-hybridized carbons (Fsp3) is 1.00. The molecule has 0 atom stereocenters. The lowest BCUT2D eigenvalue weighted by molar-refractivity contribution is -0.0365. The van der Waals surface area contributed by atoms with Crippen LogP contribution >= 0.6 is 0 Å². The molecule has 1 saturated heterocycles. The molecule has 1 fully saturated rings. The molecule has 0 unspecified atom stereocenters. The second-order valence-corrected chi connectivity index (χ2v) is 2.98. The van der Waals surface area contributed by atoms with E-state index in [-0.39, 0.29) is 0 Å². The highest BCUT2D eigenvalue weighted by Gasteiger charge is 2.16. The van der Waals surface area contributed by atoms with Gasteiger partial charge in [0.05, 0.1) is 13.2 Å². The third-order valence-electron chi connectivity index (χ3n) is 1.98. The molecule has 0 saturated carbocycles. The number of ether oxygens (including phenoxy) is 1. The molecular formula is C8H16O2. The lowest BCUT2D eigenvalue weighted by atomic mass is 10.0. The predicted octanol–water partition coefficient (Wildman–Crippen LogP) is 1.19. The molecule has 1 aliphatic heterocycles. The molecule has 0 aromatic carbocycles. The zero-order valence-electron chi connectivity index (χ0n) is 6.38. The van der Waals surface area contributed by atoms with Gasteiger partial charge in [-0.25, -0.2) is 0 Å². The smallest absolute Gasteiger partial charge is 0.0516 e. The first kappa shape index (κ1) is 8.02. The highest BCUT2D eigenvalue weighted by molar-refractivity contribution is 4.64. The summed E-state index contributed by atoms with van der Waals surface area (Å²) in [7, 11) is 0. The Morgan fingerprint density at radius 3 is 2.50 bits per heavy atom. The van der Waals surface area contributed by atoms with Gasteiger partial charge in [0.2, 0.25) is 0 Å². The molecule has 2 nitrogen and oxygen atoms in total. The molecule has 0 bridgehead atoms. The molecule has 0 aromatic rings. The average molecular weight is 144 g/mol. The predicted molar refractivity (Wildman–Crippen MR) is 39.9 cm³/mol. The number of aliphatic hydroxyl groups excluding tert-OH is 1. The quantitative estimate of drug-likeness (QED) is 0.587. The molecule has 0 aromatic heterocycles. The van der Waals surface area contributed by atoms with Gasteiger partial charge in [-0.15, -0.1) is 0 Å². The number of hydrogen-bond acceptors (Lipinski definition) is 2. The topological polar surface area (TPSA) is 29.5 Å². The van der Waals surface area contributed by atoms with Gasteiger partial charge in [-0.2, -0.15) is 0 Å². The minimum atomic E-state index is 0.348. The summed E-state index contributed by atoms with van der Waals surface area (Å²) in [5, 5.41) is 8.48. The molecule has 1 N–H and O–H groups in total. The minimum Gasteiger partial charge on any atom is -0.396 e. The molecule has 0 amide bonds. The van der Waals surface area contributed by atoms with Crippen molar-refractivity contribution in [3.8, 4) is 0 Å². The van der Waals surface area contributed by atoms with Crippen molar-refractivity contribution >= 4 is 0 Å². The largest absolute Gasteiger partial charge is 0.396 e. The van der Waals surface area contributed by atoms with Crippen LogP contribution in [0.2, 0.25) is 0 Å². The summed E-state index contributed by atoms with van der Waals surface area (Å²) in [5.74, 6) is 0.832. The normalized spacial score (nSPS) is 18.9. The SMILES string of the molecule is OCCCCCC1COC1. The summed E-state index contributed by atoms with van der Waals surface area (Å²) >= 11 is 0. The van der Waals surface area contributed by atoms with Crippen molar-refractivity contribution < 1.29 is 9.84 Å². The molecule has 0 radical (unpaired) electrons. The van der Waals surface area contributed by atoms with Crippen LogP contribution in [0.5, 0.6) is 0 Å². The van der Waals surface area contributed by atoms with Crippen LogP contribution in [-0.2, 0) is 4.74 Å². The molecule has 2 heteroatoms. The van der Waals surface area contributed by atoms with Gasteiger partial charge in [0, 0.05) is 12.5 Å². The van der Waals surface area contributed by atoms with Gasteiger partial charge >= 0.3 is 0 Å². The lowest BCUT2D eigenvalue weighted by Crippen LogP contribution is -2.27. The zero-order valence-corrected chi connectivity index (χ0v) is 6.38.